The van der Waals surface area contributed by atoms with Crippen LogP contribution in [0.3, 0.4) is 0 Å². The van der Waals surface area contributed by atoms with Crippen molar-refractivity contribution in [1.82, 2.24) is 5.32 Å². The highest BCUT2D eigenvalue weighted by Crippen LogP contribution is 2.27. The van der Waals surface area contributed by atoms with Crippen LogP contribution in [0.15, 0.2) is 47.5 Å². The number of para-hydroxylation sites is 1. The van der Waals surface area contributed by atoms with Crippen molar-refractivity contribution >= 4 is 11.6 Å². The molecule has 24 heavy (non-hydrogen) atoms. The Balaban J connectivity index is 1.82. The minimum Gasteiger partial charge on any atom is -0.392 e. The first-order valence-corrected chi connectivity index (χ1v) is 8.25. The zero-order valence-electron chi connectivity index (χ0n) is 13.8. The van der Waals surface area contributed by atoms with Crippen LogP contribution in [0.5, 0.6) is 0 Å². The van der Waals surface area contributed by atoms with E-state index >= 15 is 0 Å². The summed E-state index contributed by atoms with van der Waals surface area (Å²) >= 11 is 0. The van der Waals surface area contributed by atoms with Gasteiger partial charge in [-0.2, -0.15) is 0 Å². The Kier molecular flexibility index (Phi) is 5.11. The lowest BCUT2D eigenvalue weighted by Gasteiger charge is -2.22. The summed E-state index contributed by atoms with van der Waals surface area (Å²) in [4.78, 5) is 6.89. The summed E-state index contributed by atoms with van der Waals surface area (Å²) < 4.78 is 13.5. The summed E-state index contributed by atoms with van der Waals surface area (Å²) in [6.07, 6.45) is 1.01. The highest BCUT2D eigenvalue weighted by molar-refractivity contribution is 5.97. The van der Waals surface area contributed by atoms with E-state index in [1.54, 1.807) is 12.1 Å². The van der Waals surface area contributed by atoms with Gasteiger partial charge < -0.3 is 15.3 Å². The molecule has 3 rings (SSSR count). The maximum atomic E-state index is 13.5. The lowest BCUT2D eigenvalue weighted by atomic mass is 10.1. The number of hydrogen-bond donors (Lipinski definition) is 2. The van der Waals surface area contributed by atoms with Gasteiger partial charge in [-0.25, -0.2) is 9.38 Å². The normalized spacial score (nSPS) is 14.0. The number of hydrogen-bond acceptors (Lipinski definition) is 2. The topological polar surface area (TPSA) is 47.9 Å². The van der Waals surface area contributed by atoms with Gasteiger partial charge in [0.1, 0.15) is 5.82 Å². The van der Waals surface area contributed by atoms with Crippen LogP contribution in [-0.4, -0.2) is 24.2 Å². The van der Waals surface area contributed by atoms with Crippen LogP contribution in [0.2, 0.25) is 0 Å². The predicted octanol–water partition coefficient (Wildman–Crippen LogP) is 2.85. The van der Waals surface area contributed by atoms with E-state index in [9.17, 15) is 9.50 Å². The first-order chi connectivity index (χ1) is 11.7. The molecule has 0 unspecified atom stereocenters. The van der Waals surface area contributed by atoms with Crippen LogP contribution in [-0.2, 0) is 19.6 Å². The molecule has 0 atom stereocenters. The van der Waals surface area contributed by atoms with Gasteiger partial charge in [0, 0.05) is 24.3 Å². The first kappa shape index (κ1) is 16.5. The van der Waals surface area contributed by atoms with Crippen molar-refractivity contribution in [3.63, 3.8) is 0 Å². The Labute approximate surface area is 141 Å². The molecule has 126 valence electrons. The Hall–Kier alpha value is -2.40. The third-order valence-corrected chi connectivity index (χ3v) is 4.17. The summed E-state index contributed by atoms with van der Waals surface area (Å²) in [6.45, 7) is 3.86. The Bertz CT molecular complexity index is 745. The summed E-state index contributed by atoms with van der Waals surface area (Å²) in [5.41, 5.74) is 3.70. The minimum atomic E-state index is -0.384. The van der Waals surface area contributed by atoms with Gasteiger partial charge >= 0.3 is 0 Å². The number of benzene rings is 2. The van der Waals surface area contributed by atoms with Crippen molar-refractivity contribution in [3.8, 4) is 0 Å². The van der Waals surface area contributed by atoms with Crippen LogP contribution in [0.4, 0.5) is 10.1 Å². The third-order valence-electron chi connectivity index (χ3n) is 4.17. The molecule has 5 heteroatoms. The van der Waals surface area contributed by atoms with Gasteiger partial charge in [-0.3, -0.25) is 0 Å². The van der Waals surface area contributed by atoms with Crippen molar-refractivity contribution in [2.75, 3.05) is 18.0 Å². The van der Waals surface area contributed by atoms with Gasteiger partial charge in [0.2, 0.25) is 0 Å². The second-order valence-corrected chi connectivity index (χ2v) is 5.78. The number of anilines is 1. The molecule has 0 aromatic heterocycles. The summed E-state index contributed by atoms with van der Waals surface area (Å²) in [7, 11) is 0. The van der Waals surface area contributed by atoms with Gasteiger partial charge in [-0.1, -0.05) is 24.3 Å². The highest BCUT2D eigenvalue weighted by atomic mass is 19.1. The molecule has 4 nitrogen and oxygen atoms in total. The van der Waals surface area contributed by atoms with Crippen LogP contribution < -0.4 is 10.2 Å². The fourth-order valence-electron chi connectivity index (χ4n) is 2.97. The second-order valence-electron chi connectivity index (χ2n) is 5.78. The van der Waals surface area contributed by atoms with E-state index in [1.165, 1.54) is 17.3 Å². The van der Waals surface area contributed by atoms with E-state index in [1.807, 2.05) is 13.0 Å². The molecule has 2 N–H and O–H groups in total. The standard InChI is InChI=1S/C19H22FN3O/c1-2-21-19(23-10-9-15-5-3-4-6-18(15)23)22-12-14-7-8-17(20)16(11-14)13-24/h3-8,11,24H,2,9-10,12-13H2,1H3,(H,21,22). The molecule has 1 aliphatic heterocycles. The van der Waals surface area contributed by atoms with Crippen LogP contribution in [0.1, 0.15) is 23.6 Å². The van der Waals surface area contributed by atoms with E-state index in [2.05, 4.69) is 28.4 Å². The van der Waals surface area contributed by atoms with Crippen LogP contribution in [0, 0.1) is 5.82 Å². The quantitative estimate of drug-likeness (QED) is 0.670. The fraction of sp³-hybridized carbons (Fsp3) is 0.316. The number of aliphatic imine (C=N–C) groups is 1. The number of fused-ring (bicyclic) bond motifs is 1. The molecule has 0 saturated carbocycles. The molecule has 0 aliphatic carbocycles. The number of rotatable bonds is 4. The molecule has 2 aromatic rings. The second kappa shape index (κ2) is 7.45. The van der Waals surface area contributed by atoms with E-state index in [0.717, 1.165) is 31.0 Å². The molecule has 0 saturated heterocycles. The van der Waals surface area contributed by atoms with Gasteiger partial charge in [0.25, 0.3) is 0 Å². The maximum absolute atomic E-state index is 13.5. The number of halogens is 1. The van der Waals surface area contributed by atoms with Crippen LogP contribution in [0.25, 0.3) is 0 Å². The fourth-order valence-corrected chi connectivity index (χ4v) is 2.97. The first-order valence-electron chi connectivity index (χ1n) is 8.25. The summed E-state index contributed by atoms with van der Waals surface area (Å²) in [6, 6.07) is 13.1. The average Bonchev–Trinajstić information content (AvgIpc) is 3.04. The Morgan fingerprint density at radius 3 is 2.92 bits per heavy atom. The number of aliphatic hydroxyl groups is 1. The molecule has 0 amide bonds. The van der Waals surface area contributed by atoms with Crippen molar-refractivity contribution < 1.29 is 9.50 Å². The van der Waals surface area contributed by atoms with E-state index < -0.39 is 0 Å². The third kappa shape index (κ3) is 3.41. The van der Waals surface area contributed by atoms with Crippen molar-refractivity contribution in [3.05, 3.63) is 65.0 Å². The van der Waals surface area contributed by atoms with Gasteiger partial charge in [0.15, 0.2) is 5.96 Å². The zero-order valence-corrected chi connectivity index (χ0v) is 13.8. The number of nitrogens with one attached hydrogen (secondary N) is 1. The van der Waals surface area contributed by atoms with E-state index in [0.29, 0.717) is 12.1 Å². The minimum absolute atomic E-state index is 0.303. The average molecular weight is 327 g/mol. The smallest absolute Gasteiger partial charge is 0.198 e. The summed E-state index contributed by atoms with van der Waals surface area (Å²) in [5, 5.41) is 12.5. The maximum Gasteiger partial charge on any atom is 0.198 e. The highest BCUT2D eigenvalue weighted by Gasteiger charge is 2.22. The molecule has 0 radical (unpaired) electrons. The molecular weight excluding hydrogens is 305 g/mol. The van der Waals surface area contributed by atoms with E-state index in [-0.39, 0.29) is 12.4 Å². The zero-order chi connectivity index (χ0) is 16.9. The Morgan fingerprint density at radius 2 is 2.12 bits per heavy atom. The molecule has 2 aromatic carbocycles. The van der Waals surface area contributed by atoms with Crippen LogP contribution >= 0.6 is 0 Å². The number of nitrogens with zero attached hydrogens (tertiary/aromatic N) is 2. The molecule has 0 fully saturated rings. The van der Waals surface area contributed by atoms with E-state index in [4.69, 9.17) is 4.99 Å². The van der Waals surface area contributed by atoms with Crippen molar-refractivity contribution in [2.45, 2.75) is 26.5 Å². The molecule has 0 bridgehead atoms. The number of guanidine groups is 1. The monoisotopic (exact) mass is 327 g/mol. The lowest BCUT2D eigenvalue weighted by Crippen LogP contribution is -2.40. The summed E-state index contributed by atoms with van der Waals surface area (Å²) in [5.74, 6) is 0.447. The van der Waals surface area contributed by atoms with Crippen molar-refractivity contribution in [2.24, 2.45) is 4.99 Å². The van der Waals surface area contributed by atoms with Crippen molar-refractivity contribution in [1.29, 1.82) is 0 Å². The molecular formula is C19H22FN3O. The number of aliphatic hydroxyl groups excluding tert-OH is 1. The van der Waals surface area contributed by atoms with Gasteiger partial charge in [-0.15, -0.1) is 0 Å². The van der Waals surface area contributed by atoms with Gasteiger partial charge in [-0.05, 0) is 42.7 Å². The predicted molar refractivity (Wildman–Crippen MR) is 94.6 cm³/mol. The Morgan fingerprint density at radius 1 is 1.29 bits per heavy atom. The SMILES string of the molecule is CCNC(=NCc1ccc(F)c(CO)c1)N1CCc2ccccc21. The van der Waals surface area contributed by atoms with Gasteiger partial charge in [0.05, 0.1) is 13.2 Å². The lowest BCUT2D eigenvalue weighted by molar-refractivity contribution is 0.275. The molecule has 1 heterocycles. The largest absolute Gasteiger partial charge is 0.392 e. The molecule has 1 aliphatic rings. The molecule has 0 spiro atoms.